The lowest BCUT2D eigenvalue weighted by Crippen LogP contribution is -2.28. The van der Waals surface area contributed by atoms with E-state index in [0.717, 1.165) is 30.8 Å². The predicted molar refractivity (Wildman–Crippen MR) is 215 cm³/mol. The van der Waals surface area contributed by atoms with E-state index in [1.807, 2.05) is 19.1 Å². The maximum atomic E-state index is 16.5. The van der Waals surface area contributed by atoms with Gasteiger partial charge in [0.25, 0.3) is 0 Å². The molecule has 8 rings (SSSR count). The summed E-state index contributed by atoms with van der Waals surface area (Å²) in [7, 11) is 1.21. The number of nitriles is 1. The Balaban J connectivity index is 0.000000272. The molecule has 4 N–H and O–H groups in total. The third-order valence-electron chi connectivity index (χ3n) is 9.81. The van der Waals surface area contributed by atoms with Gasteiger partial charge < -0.3 is 30.6 Å². The van der Waals surface area contributed by atoms with E-state index in [2.05, 4.69) is 31.4 Å². The topological polar surface area (TPSA) is 162 Å². The summed E-state index contributed by atoms with van der Waals surface area (Å²) in [5.41, 5.74) is 7.85. The number of nitrogens with two attached hydrogens (primary N) is 2. The van der Waals surface area contributed by atoms with Crippen LogP contribution in [0.2, 0.25) is 0 Å². The highest BCUT2D eigenvalue weighted by Gasteiger charge is 2.44. The van der Waals surface area contributed by atoms with Crippen molar-refractivity contribution in [3.05, 3.63) is 94.9 Å². The number of aromatic nitrogens is 4. The maximum Gasteiger partial charge on any atom is 0.420 e. The largest absolute Gasteiger partial charge is 0.494 e. The molecule has 60 heavy (non-hydrogen) atoms. The van der Waals surface area contributed by atoms with Gasteiger partial charge in [-0.1, -0.05) is 24.4 Å². The summed E-state index contributed by atoms with van der Waals surface area (Å²) in [6.07, 6.45) is 2.52. The van der Waals surface area contributed by atoms with Crippen molar-refractivity contribution in [1.82, 2.24) is 24.8 Å². The Labute approximate surface area is 346 Å². The molecule has 316 valence electrons. The molecule has 3 aliphatic heterocycles. The van der Waals surface area contributed by atoms with E-state index >= 15 is 4.39 Å². The molecule has 12 nitrogen and oxygen atoms in total. The summed E-state index contributed by atoms with van der Waals surface area (Å²) in [6.45, 7) is 7.76. The summed E-state index contributed by atoms with van der Waals surface area (Å²) >= 11 is 0.526. The van der Waals surface area contributed by atoms with Gasteiger partial charge in [0.05, 0.1) is 41.1 Å². The van der Waals surface area contributed by atoms with Crippen LogP contribution >= 0.6 is 11.8 Å². The van der Waals surface area contributed by atoms with Gasteiger partial charge in [-0.2, -0.15) is 28.4 Å². The number of rotatable bonds is 8. The van der Waals surface area contributed by atoms with Gasteiger partial charge >= 0.3 is 12.2 Å². The lowest BCUT2D eigenvalue weighted by atomic mass is 9.92. The van der Waals surface area contributed by atoms with Gasteiger partial charge in [-0.15, -0.1) is 0 Å². The van der Waals surface area contributed by atoms with Gasteiger partial charge in [-0.05, 0) is 63.1 Å². The van der Waals surface area contributed by atoms with E-state index in [-0.39, 0.29) is 47.8 Å². The Morgan fingerprint density at radius 2 is 1.88 bits per heavy atom. The molecule has 0 bridgehead atoms. The minimum atomic E-state index is -5.20. The number of alkyl halides is 4. The van der Waals surface area contributed by atoms with Crippen LogP contribution in [0, 0.1) is 23.0 Å². The Hall–Kier alpha value is -6.00. The zero-order chi connectivity index (χ0) is 43.1. The van der Waals surface area contributed by atoms with Crippen molar-refractivity contribution in [1.29, 1.82) is 5.26 Å². The summed E-state index contributed by atoms with van der Waals surface area (Å²) < 4.78 is 105. The molecule has 0 radical (unpaired) electrons. The average molecular weight is 854 g/mol. The normalized spacial score (nSPS) is 16.9. The number of halogens is 6. The first-order valence-corrected chi connectivity index (χ1v) is 19.6. The molecule has 2 fully saturated rings. The van der Waals surface area contributed by atoms with Gasteiger partial charge in [-0.3, -0.25) is 9.88 Å². The molecular weight excluding hydrogens is 813 g/mol. The highest BCUT2D eigenvalue weighted by molar-refractivity contribution is 8.03. The second-order valence-electron chi connectivity index (χ2n) is 13.7. The zero-order valence-electron chi connectivity index (χ0n) is 32.6. The number of fused-ring (bicyclic) bond motifs is 1. The highest BCUT2D eigenvalue weighted by Crippen LogP contribution is 2.52. The van der Waals surface area contributed by atoms with Crippen LogP contribution < -0.4 is 30.6 Å². The maximum absolute atomic E-state index is 16.5. The fourth-order valence-corrected chi connectivity index (χ4v) is 7.98. The van der Waals surface area contributed by atoms with Crippen molar-refractivity contribution < 1.29 is 40.6 Å². The molecule has 3 aliphatic rings. The minimum absolute atomic E-state index is 0.0198. The smallest absolute Gasteiger partial charge is 0.420 e. The molecule has 6 heterocycles. The monoisotopic (exact) mass is 853 g/mol. The number of thioether (sulfide) groups is 1. The fourth-order valence-electron chi connectivity index (χ4n) is 7.29. The fraction of sp³-hybridized carbons (Fsp3) is 0.341. The van der Waals surface area contributed by atoms with E-state index in [1.54, 1.807) is 35.5 Å². The number of benzene rings is 2. The van der Waals surface area contributed by atoms with Crippen LogP contribution in [0.25, 0.3) is 22.0 Å². The van der Waals surface area contributed by atoms with Crippen LogP contribution in [0.15, 0.2) is 71.5 Å². The number of nitrogen functional groups attached to an aromatic ring is 1. The van der Waals surface area contributed by atoms with Gasteiger partial charge in [0.1, 0.15) is 58.9 Å². The van der Waals surface area contributed by atoms with Crippen molar-refractivity contribution in [3.63, 3.8) is 0 Å². The zero-order valence-corrected chi connectivity index (χ0v) is 33.4. The van der Waals surface area contributed by atoms with Crippen molar-refractivity contribution in [2.75, 3.05) is 50.6 Å². The molecule has 2 aromatic carbocycles. The predicted octanol–water partition coefficient (Wildman–Crippen LogP) is 8.05. The van der Waals surface area contributed by atoms with Crippen molar-refractivity contribution in [3.8, 4) is 34.7 Å². The number of ether oxygens (including phenoxy) is 3. The van der Waals surface area contributed by atoms with Crippen LogP contribution in [0.5, 0.6) is 17.5 Å². The van der Waals surface area contributed by atoms with Crippen LogP contribution in [-0.2, 0) is 12.7 Å². The van der Waals surface area contributed by atoms with E-state index in [1.165, 1.54) is 26.1 Å². The van der Waals surface area contributed by atoms with Crippen LogP contribution in [0.1, 0.15) is 42.9 Å². The molecule has 2 saturated heterocycles. The van der Waals surface area contributed by atoms with Crippen molar-refractivity contribution >= 4 is 34.3 Å². The Morgan fingerprint density at radius 3 is 2.53 bits per heavy atom. The highest BCUT2D eigenvalue weighted by atomic mass is 32.2. The Morgan fingerprint density at radius 1 is 1.12 bits per heavy atom. The molecule has 0 aliphatic carbocycles. The Kier molecular flexibility index (Phi) is 13.8. The van der Waals surface area contributed by atoms with E-state index in [4.69, 9.17) is 25.7 Å². The molecule has 2 unspecified atom stereocenters. The van der Waals surface area contributed by atoms with Crippen LogP contribution in [-0.4, -0.2) is 77.0 Å². The van der Waals surface area contributed by atoms with E-state index in [0.29, 0.717) is 36.5 Å². The summed E-state index contributed by atoms with van der Waals surface area (Å²) in [5, 5.41) is 9.40. The first kappa shape index (κ1) is 43.6. The number of hydrogen-bond acceptors (Lipinski definition) is 13. The van der Waals surface area contributed by atoms with Crippen molar-refractivity contribution in [2.45, 2.75) is 56.0 Å². The third kappa shape index (κ3) is 9.55. The molecule has 0 amide bonds. The number of nitrogens with zero attached hydrogens (tertiary/aromatic N) is 7. The summed E-state index contributed by atoms with van der Waals surface area (Å²) in [4.78, 5) is 19.6. The van der Waals surface area contributed by atoms with Gasteiger partial charge in [-0.25, -0.2) is 18.2 Å². The summed E-state index contributed by atoms with van der Waals surface area (Å²) in [5.74, 6) is -2.18. The third-order valence-corrected chi connectivity index (χ3v) is 10.7. The first-order chi connectivity index (χ1) is 28.7. The van der Waals surface area contributed by atoms with E-state index in [9.17, 15) is 27.2 Å². The SMILES string of the molecule is C=C(N)Sc1c(F)ccc(-c2c(C(F)(F)F)c3c4c(nc(OC)nc4c2F)N(Cc2cccnc2N)CCO3)c1C#N.CCOc1ccncc1.FC1CC2CCCN2C1. The molecule has 5 aromatic rings. The first-order valence-electron chi connectivity index (χ1n) is 18.8. The number of hydrogen-bond donors (Lipinski definition) is 2. The van der Waals surface area contributed by atoms with Gasteiger partial charge in [0.2, 0.25) is 0 Å². The lowest BCUT2D eigenvalue weighted by molar-refractivity contribution is -0.138. The number of methoxy groups -OCH3 is 1. The van der Waals surface area contributed by atoms with Crippen LogP contribution in [0.4, 0.5) is 38.0 Å². The van der Waals surface area contributed by atoms with Gasteiger partial charge in [0.15, 0.2) is 5.82 Å². The molecule has 3 aromatic heterocycles. The van der Waals surface area contributed by atoms with Crippen molar-refractivity contribution in [2.24, 2.45) is 5.73 Å². The Bertz CT molecular complexity index is 2370. The number of anilines is 2. The van der Waals surface area contributed by atoms with Crippen LogP contribution in [0.3, 0.4) is 0 Å². The minimum Gasteiger partial charge on any atom is -0.494 e. The second kappa shape index (κ2) is 18.9. The lowest BCUT2D eigenvalue weighted by Gasteiger charge is -2.24. The molecule has 0 spiro atoms. The molecular formula is C41H41F6N9O3S. The second-order valence-corrected chi connectivity index (χ2v) is 14.8. The average Bonchev–Trinajstić information content (AvgIpc) is 3.75. The standard InChI is InChI=1S/C27H20F5N7O2S.C7H12FN.C7H9NO/c1-12(34)42-23-15(10-33)14(5-6-16(23)28)17-19(27(30,31)32)22-18-21(20(17)29)37-26(40-2)38-25(18)39(8-9-41-22)11-13-4-3-7-36-24(13)35;8-6-4-7-2-1-3-9(7)5-6;1-2-9-7-3-5-8-6-4-7/h3-7H,1,8-9,11,34H2,2H3,(H2,35,36);6-7H,1-5H2;3-6H,2H2,1H3. The molecule has 2 atom stereocenters. The quantitative estimate of drug-likeness (QED) is 0.114. The van der Waals surface area contributed by atoms with E-state index < -0.39 is 62.4 Å². The van der Waals surface area contributed by atoms with Gasteiger partial charge in [0, 0.05) is 54.4 Å². The number of pyridine rings is 2. The molecule has 0 saturated carbocycles. The summed E-state index contributed by atoms with van der Waals surface area (Å²) in [6, 6.07) is 10.7. The molecule has 19 heteroatoms.